The van der Waals surface area contributed by atoms with Gasteiger partial charge in [-0.25, -0.2) is 9.97 Å². The number of pyridine rings is 1. The summed E-state index contributed by atoms with van der Waals surface area (Å²) in [7, 11) is 0. The lowest BCUT2D eigenvalue weighted by Gasteiger charge is -2.40. The van der Waals surface area contributed by atoms with E-state index in [9.17, 15) is 0 Å². The monoisotopic (exact) mass is 216 g/mol. The molecule has 84 valence electrons. The Kier molecular flexibility index (Phi) is 1.79. The first-order valence-corrected chi connectivity index (χ1v) is 5.72. The molecule has 1 aliphatic rings. The van der Waals surface area contributed by atoms with Gasteiger partial charge in [0.15, 0.2) is 5.65 Å². The Morgan fingerprint density at radius 3 is 2.69 bits per heavy atom. The molecule has 0 bridgehead atoms. The molecule has 0 spiro atoms. The predicted octanol–water partition coefficient (Wildman–Crippen LogP) is 2.22. The van der Waals surface area contributed by atoms with Crippen molar-refractivity contribution < 1.29 is 0 Å². The van der Waals surface area contributed by atoms with Crippen molar-refractivity contribution in [2.75, 3.05) is 5.73 Å². The van der Waals surface area contributed by atoms with Gasteiger partial charge in [0, 0.05) is 11.2 Å². The summed E-state index contributed by atoms with van der Waals surface area (Å²) in [6.45, 7) is 4.23. The lowest BCUT2D eigenvalue weighted by Crippen LogP contribution is -2.38. The molecule has 0 unspecified atom stereocenters. The SMILES string of the molecule is Cc1ccc2nc(N)n(C3(C)CCC3)c2n1. The zero-order chi connectivity index (χ0) is 11.3. The summed E-state index contributed by atoms with van der Waals surface area (Å²) in [5, 5.41) is 0. The van der Waals surface area contributed by atoms with E-state index in [2.05, 4.69) is 21.5 Å². The number of hydrogen-bond donors (Lipinski definition) is 1. The Balaban J connectivity index is 2.29. The fourth-order valence-electron chi connectivity index (χ4n) is 2.51. The average molecular weight is 216 g/mol. The van der Waals surface area contributed by atoms with Gasteiger partial charge in [0.25, 0.3) is 0 Å². The summed E-state index contributed by atoms with van der Waals surface area (Å²) in [4.78, 5) is 8.95. The minimum atomic E-state index is 0.125. The van der Waals surface area contributed by atoms with Crippen LogP contribution in [0.15, 0.2) is 12.1 Å². The first kappa shape index (κ1) is 9.63. The topological polar surface area (TPSA) is 56.7 Å². The highest BCUT2D eigenvalue weighted by Gasteiger charge is 2.36. The summed E-state index contributed by atoms with van der Waals surface area (Å²) < 4.78 is 2.11. The van der Waals surface area contributed by atoms with E-state index in [0.717, 1.165) is 29.7 Å². The Hall–Kier alpha value is -1.58. The molecule has 0 aliphatic heterocycles. The fraction of sp³-hybridized carbons (Fsp3) is 0.500. The first-order valence-electron chi connectivity index (χ1n) is 5.72. The summed E-state index contributed by atoms with van der Waals surface area (Å²) in [6.07, 6.45) is 3.60. The van der Waals surface area contributed by atoms with Gasteiger partial charge >= 0.3 is 0 Å². The van der Waals surface area contributed by atoms with Crippen LogP contribution in [0.1, 0.15) is 31.9 Å². The number of rotatable bonds is 1. The second-order valence-corrected chi connectivity index (χ2v) is 4.95. The van der Waals surface area contributed by atoms with Gasteiger partial charge in [0.05, 0.1) is 0 Å². The van der Waals surface area contributed by atoms with Crippen molar-refractivity contribution in [2.45, 2.75) is 38.6 Å². The van der Waals surface area contributed by atoms with Crippen LogP contribution in [0.25, 0.3) is 11.2 Å². The van der Waals surface area contributed by atoms with E-state index in [-0.39, 0.29) is 5.54 Å². The van der Waals surface area contributed by atoms with Crippen LogP contribution < -0.4 is 5.73 Å². The van der Waals surface area contributed by atoms with Gasteiger partial charge in [-0.05, 0) is 45.2 Å². The molecular weight excluding hydrogens is 200 g/mol. The summed E-state index contributed by atoms with van der Waals surface area (Å²) >= 11 is 0. The Morgan fingerprint density at radius 2 is 2.06 bits per heavy atom. The molecule has 0 radical (unpaired) electrons. The van der Waals surface area contributed by atoms with Crippen molar-refractivity contribution in [1.29, 1.82) is 0 Å². The molecule has 0 amide bonds. The third-order valence-corrected chi connectivity index (χ3v) is 3.64. The van der Waals surface area contributed by atoms with E-state index >= 15 is 0 Å². The van der Waals surface area contributed by atoms with Crippen LogP contribution >= 0.6 is 0 Å². The smallest absolute Gasteiger partial charge is 0.202 e. The maximum atomic E-state index is 6.01. The maximum Gasteiger partial charge on any atom is 0.202 e. The van der Waals surface area contributed by atoms with Crippen LogP contribution in [0.3, 0.4) is 0 Å². The van der Waals surface area contributed by atoms with Crippen molar-refractivity contribution in [1.82, 2.24) is 14.5 Å². The Labute approximate surface area is 94.5 Å². The van der Waals surface area contributed by atoms with Crippen molar-refractivity contribution in [2.24, 2.45) is 0 Å². The largest absolute Gasteiger partial charge is 0.369 e. The molecule has 1 fully saturated rings. The molecule has 2 aromatic rings. The number of imidazole rings is 1. The average Bonchev–Trinajstić information content (AvgIpc) is 2.50. The van der Waals surface area contributed by atoms with Gasteiger partial charge in [-0.3, -0.25) is 4.57 Å². The van der Waals surface area contributed by atoms with Crippen LogP contribution in [0.5, 0.6) is 0 Å². The molecule has 1 saturated carbocycles. The molecule has 2 N–H and O–H groups in total. The second-order valence-electron chi connectivity index (χ2n) is 4.95. The molecule has 4 nitrogen and oxygen atoms in total. The second kappa shape index (κ2) is 2.97. The first-order chi connectivity index (χ1) is 7.60. The summed E-state index contributed by atoms with van der Waals surface area (Å²) in [6, 6.07) is 3.97. The normalized spacial score (nSPS) is 18.6. The minimum Gasteiger partial charge on any atom is -0.369 e. The van der Waals surface area contributed by atoms with Crippen LogP contribution in [-0.2, 0) is 5.54 Å². The number of aryl methyl sites for hydroxylation is 1. The molecule has 3 rings (SSSR count). The van der Waals surface area contributed by atoms with Gasteiger partial charge in [0.2, 0.25) is 5.95 Å². The maximum absolute atomic E-state index is 6.01. The van der Waals surface area contributed by atoms with Crippen molar-refractivity contribution in [3.05, 3.63) is 17.8 Å². The zero-order valence-corrected chi connectivity index (χ0v) is 9.70. The van der Waals surface area contributed by atoms with E-state index in [0.29, 0.717) is 5.95 Å². The lowest BCUT2D eigenvalue weighted by atomic mass is 9.78. The number of nitrogen functional groups attached to an aromatic ring is 1. The van der Waals surface area contributed by atoms with Crippen molar-refractivity contribution in [3.8, 4) is 0 Å². The lowest BCUT2D eigenvalue weighted by molar-refractivity contribution is 0.177. The molecule has 2 heterocycles. The predicted molar refractivity (Wildman–Crippen MR) is 64.2 cm³/mol. The molecule has 0 aromatic carbocycles. The highest BCUT2D eigenvalue weighted by Crippen LogP contribution is 2.41. The number of nitrogens with zero attached hydrogens (tertiary/aromatic N) is 3. The molecular formula is C12H16N4. The number of fused-ring (bicyclic) bond motifs is 1. The standard InChI is InChI=1S/C12H16N4/c1-8-4-5-9-10(14-8)16(11(13)15-9)12(2)6-3-7-12/h4-5H,3,6-7H2,1-2H3,(H2,13,15). The van der Waals surface area contributed by atoms with Crippen LogP contribution in [0.2, 0.25) is 0 Å². The summed E-state index contributed by atoms with van der Waals surface area (Å²) in [5.74, 6) is 0.593. The highest BCUT2D eigenvalue weighted by atomic mass is 15.2. The number of nitrogens with two attached hydrogens (primary N) is 1. The Bertz CT molecular complexity index is 551. The molecule has 0 saturated heterocycles. The molecule has 0 atom stereocenters. The highest BCUT2D eigenvalue weighted by molar-refractivity contribution is 5.74. The number of aromatic nitrogens is 3. The quantitative estimate of drug-likeness (QED) is 0.795. The van der Waals surface area contributed by atoms with Gasteiger partial charge in [0.1, 0.15) is 5.52 Å². The van der Waals surface area contributed by atoms with Crippen molar-refractivity contribution in [3.63, 3.8) is 0 Å². The third kappa shape index (κ3) is 1.16. The van der Waals surface area contributed by atoms with Gasteiger partial charge < -0.3 is 5.73 Å². The third-order valence-electron chi connectivity index (χ3n) is 3.64. The van der Waals surface area contributed by atoms with E-state index in [1.807, 2.05) is 19.1 Å². The zero-order valence-electron chi connectivity index (χ0n) is 9.70. The van der Waals surface area contributed by atoms with Gasteiger partial charge in [-0.15, -0.1) is 0 Å². The molecule has 16 heavy (non-hydrogen) atoms. The number of anilines is 1. The van der Waals surface area contributed by atoms with E-state index < -0.39 is 0 Å². The molecule has 1 aliphatic carbocycles. The van der Waals surface area contributed by atoms with E-state index in [4.69, 9.17) is 5.73 Å². The summed E-state index contributed by atoms with van der Waals surface area (Å²) in [5.41, 5.74) is 8.98. The van der Waals surface area contributed by atoms with Crippen LogP contribution in [-0.4, -0.2) is 14.5 Å². The van der Waals surface area contributed by atoms with Crippen molar-refractivity contribution >= 4 is 17.1 Å². The fourth-order valence-corrected chi connectivity index (χ4v) is 2.51. The number of hydrogen-bond acceptors (Lipinski definition) is 3. The minimum absolute atomic E-state index is 0.125. The van der Waals surface area contributed by atoms with Gasteiger partial charge in [-0.2, -0.15) is 0 Å². The van der Waals surface area contributed by atoms with E-state index in [1.54, 1.807) is 0 Å². The molecule has 4 heteroatoms. The van der Waals surface area contributed by atoms with Gasteiger partial charge in [-0.1, -0.05) is 0 Å². The van der Waals surface area contributed by atoms with Crippen LogP contribution in [0, 0.1) is 6.92 Å². The van der Waals surface area contributed by atoms with Crippen LogP contribution in [0.4, 0.5) is 5.95 Å². The molecule has 2 aromatic heterocycles. The Morgan fingerprint density at radius 1 is 1.31 bits per heavy atom. The van der Waals surface area contributed by atoms with E-state index in [1.165, 1.54) is 6.42 Å².